The molecule has 0 saturated carbocycles. The highest BCUT2D eigenvalue weighted by Crippen LogP contribution is 2.25. The molecule has 0 aliphatic heterocycles. The number of hydrogen-bond donors (Lipinski definition) is 2. The smallest absolute Gasteiger partial charge is 0.243 e. The molecule has 2 aromatic carbocycles. The van der Waals surface area contributed by atoms with Gasteiger partial charge >= 0.3 is 0 Å². The summed E-state index contributed by atoms with van der Waals surface area (Å²) in [5.41, 5.74) is 4.88. The summed E-state index contributed by atoms with van der Waals surface area (Å²) in [5, 5.41) is 6.13. The van der Waals surface area contributed by atoms with Gasteiger partial charge in [-0.3, -0.25) is 14.2 Å². The van der Waals surface area contributed by atoms with Crippen LogP contribution in [0.2, 0.25) is 0 Å². The Labute approximate surface area is 186 Å². The molecule has 0 aliphatic carbocycles. The lowest BCUT2D eigenvalue weighted by molar-refractivity contribution is -0.122. The first-order chi connectivity index (χ1) is 14.9. The van der Waals surface area contributed by atoms with E-state index in [2.05, 4.69) is 33.8 Å². The summed E-state index contributed by atoms with van der Waals surface area (Å²) in [6, 6.07) is 11.7. The van der Waals surface area contributed by atoms with Crippen LogP contribution in [0, 0.1) is 20.8 Å². The highest BCUT2D eigenvalue weighted by atomic mass is 32.2. The Morgan fingerprint density at radius 2 is 1.81 bits per heavy atom. The van der Waals surface area contributed by atoms with Crippen LogP contribution >= 0.6 is 11.8 Å². The van der Waals surface area contributed by atoms with E-state index in [9.17, 15) is 9.59 Å². The first kappa shape index (κ1) is 22.4. The molecule has 0 radical (unpaired) electrons. The molecule has 0 spiro atoms. The van der Waals surface area contributed by atoms with Gasteiger partial charge in [0.25, 0.3) is 0 Å². The van der Waals surface area contributed by atoms with Gasteiger partial charge in [-0.2, -0.15) is 0 Å². The fourth-order valence-electron chi connectivity index (χ4n) is 3.03. The average Bonchev–Trinajstić information content (AvgIpc) is 3.21. The molecule has 31 heavy (non-hydrogen) atoms. The number of thioether (sulfide) groups is 1. The van der Waals surface area contributed by atoms with Crippen molar-refractivity contribution in [2.45, 2.75) is 25.9 Å². The van der Waals surface area contributed by atoms with Gasteiger partial charge in [-0.25, -0.2) is 4.98 Å². The quantitative estimate of drug-likeness (QED) is 0.525. The first-order valence-corrected chi connectivity index (χ1v) is 10.8. The minimum absolute atomic E-state index is 0.123. The fraction of sp³-hybridized carbons (Fsp3) is 0.261. The first-order valence-electron chi connectivity index (χ1n) is 9.82. The summed E-state index contributed by atoms with van der Waals surface area (Å²) in [6.45, 7) is 5.88. The Kier molecular flexibility index (Phi) is 7.36. The highest BCUT2D eigenvalue weighted by molar-refractivity contribution is 7.99. The number of rotatable bonds is 8. The van der Waals surface area contributed by atoms with E-state index in [4.69, 9.17) is 4.74 Å². The third kappa shape index (κ3) is 5.88. The van der Waals surface area contributed by atoms with Gasteiger partial charge in [0.05, 0.1) is 30.8 Å². The Hall–Kier alpha value is -3.26. The van der Waals surface area contributed by atoms with Crippen molar-refractivity contribution in [3.05, 3.63) is 65.5 Å². The van der Waals surface area contributed by atoms with Crippen LogP contribution in [-0.2, 0) is 9.59 Å². The summed E-state index contributed by atoms with van der Waals surface area (Å²) >= 11 is 1.32. The average molecular weight is 439 g/mol. The van der Waals surface area contributed by atoms with E-state index < -0.39 is 0 Å². The van der Waals surface area contributed by atoms with Crippen LogP contribution in [0.5, 0.6) is 5.75 Å². The molecule has 0 atom stereocenters. The Bertz CT molecular complexity index is 1090. The number of carbonyl (C=O) groups is 2. The molecule has 0 saturated heterocycles. The van der Waals surface area contributed by atoms with Crippen LogP contribution in [0.4, 0.5) is 5.69 Å². The summed E-state index contributed by atoms with van der Waals surface area (Å²) in [4.78, 5) is 28.9. The molecule has 162 valence electrons. The second-order valence-corrected chi connectivity index (χ2v) is 8.13. The lowest BCUT2D eigenvalue weighted by Gasteiger charge is -2.12. The van der Waals surface area contributed by atoms with Crippen molar-refractivity contribution in [1.29, 1.82) is 0 Å². The zero-order valence-corrected chi connectivity index (χ0v) is 18.9. The normalized spacial score (nSPS) is 10.6. The molecule has 3 aromatic rings. The number of nitrogens with one attached hydrogen (secondary N) is 2. The van der Waals surface area contributed by atoms with E-state index in [1.54, 1.807) is 19.4 Å². The third-order valence-corrected chi connectivity index (χ3v) is 5.61. The van der Waals surface area contributed by atoms with Crippen molar-refractivity contribution in [3.63, 3.8) is 0 Å². The summed E-state index contributed by atoms with van der Waals surface area (Å²) in [5.74, 6) is 0.160. The maximum Gasteiger partial charge on any atom is 0.243 e. The maximum absolute atomic E-state index is 12.3. The van der Waals surface area contributed by atoms with Gasteiger partial charge < -0.3 is 15.4 Å². The molecule has 2 amide bonds. The molecule has 0 unspecified atom stereocenters. The van der Waals surface area contributed by atoms with Gasteiger partial charge in [-0.05, 0) is 55.7 Å². The molecule has 7 nitrogen and oxygen atoms in total. The maximum atomic E-state index is 12.3. The Morgan fingerprint density at radius 3 is 2.58 bits per heavy atom. The topological polar surface area (TPSA) is 85.2 Å². The number of imidazole rings is 1. The van der Waals surface area contributed by atoms with Crippen molar-refractivity contribution in [1.82, 2.24) is 14.9 Å². The zero-order chi connectivity index (χ0) is 22.4. The number of hydrogen-bond acceptors (Lipinski definition) is 5. The van der Waals surface area contributed by atoms with Crippen molar-refractivity contribution in [3.8, 4) is 11.4 Å². The van der Waals surface area contributed by atoms with E-state index in [-0.39, 0.29) is 24.1 Å². The van der Waals surface area contributed by atoms with Gasteiger partial charge in [0.15, 0.2) is 5.16 Å². The van der Waals surface area contributed by atoms with E-state index in [0.717, 1.165) is 27.5 Å². The second-order valence-electron chi connectivity index (χ2n) is 7.19. The van der Waals surface area contributed by atoms with E-state index in [0.29, 0.717) is 11.4 Å². The van der Waals surface area contributed by atoms with Crippen LogP contribution in [-0.4, -0.2) is 40.8 Å². The van der Waals surface area contributed by atoms with Gasteiger partial charge in [0, 0.05) is 12.4 Å². The summed E-state index contributed by atoms with van der Waals surface area (Å²) in [6.07, 6.45) is 3.59. The molecular formula is C23H26N4O3S. The highest BCUT2D eigenvalue weighted by Gasteiger charge is 2.13. The van der Waals surface area contributed by atoms with Gasteiger partial charge in [-0.15, -0.1) is 0 Å². The minimum atomic E-state index is -0.320. The van der Waals surface area contributed by atoms with Gasteiger partial charge in [0.2, 0.25) is 11.8 Å². The van der Waals surface area contributed by atoms with Crippen molar-refractivity contribution in [2.75, 3.05) is 24.7 Å². The largest absolute Gasteiger partial charge is 0.495 e. The fourth-order valence-corrected chi connectivity index (χ4v) is 3.83. The van der Waals surface area contributed by atoms with Crippen LogP contribution in [0.3, 0.4) is 0 Å². The van der Waals surface area contributed by atoms with Crippen molar-refractivity contribution in [2.24, 2.45) is 0 Å². The van der Waals surface area contributed by atoms with Crippen LogP contribution in [0.15, 0.2) is 53.9 Å². The van der Waals surface area contributed by atoms with E-state index >= 15 is 0 Å². The number of aromatic nitrogens is 2. The van der Waals surface area contributed by atoms with E-state index in [1.165, 1.54) is 11.8 Å². The number of methoxy groups -OCH3 is 1. The standard InChI is InChI=1S/C23H26N4O3S/c1-15-6-8-20(30-4)18(11-15)26-21(28)13-25-22(29)14-31-23-24-9-10-27(23)19-12-16(2)5-7-17(19)3/h5-12H,13-14H2,1-4H3,(H,25,29)(H,26,28). The number of anilines is 1. The number of amides is 2. The number of aryl methyl sites for hydroxylation is 3. The number of benzene rings is 2. The summed E-state index contributed by atoms with van der Waals surface area (Å²) < 4.78 is 7.22. The molecule has 1 aromatic heterocycles. The molecule has 0 fully saturated rings. The molecule has 1 heterocycles. The van der Waals surface area contributed by atoms with Crippen LogP contribution in [0.1, 0.15) is 16.7 Å². The van der Waals surface area contributed by atoms with Crippen LogP contribution < -0.4 is 15.4 Å². The molecule has 3 rings (SSSR count). The molecule has 0 bridgehead atoms. The van der Waals surface area contributed by atoms with Gasteiger partial charge in [-0.1, -0.05) is 30.0 Å². The minimum Gasteiger partial charge on any atom is -0.495 e. The lowest BCUT2D eigenvalue weighted by Crippen LogP contribution is -2.34. The zero-order valence-electron chi connectivity index (χ0n) is 18.1. The Morgan fingerprint density at radius 1 is 1.06 bits per heavy atom. The predicted octanol–water partition coefficient (Wildman–Crippen LogP) is 3.65. The SMILES string of the molecule is COc1ccc(C)cc1NC(=O)CNC(=O)CSc1nccn1-c1cc(C)ccc1C. The third-order valence-electron chi connectivity index (χ3n) is 4.64. The molecule has 0 aliphatic rings. The molecule has 2 N–H and O–H groups in total. The summed E-state index contributed by atoms with van der Waals surface area (Å²) in [7, 11) is 1.54. The Balaban J connectivity index is 1.54. The van der Waals surface area contributed by atoms with E-state index in [1.807, 2.05) is 43.7 Å². The lowest BCUT2D eigenvalue weighted by atomic mass is 10.1. The second kappa shape index (κ2) is 10.2. The van der Waals surface area contributed by atoms with Gasteiger partial charge in [0.1, 0.15) is 5.75 Å². The molecular weight excluding hydrogens is 412 g/mol. The van der Waals surface area contributed by atoms with Crippen molar-refractivity contribution >= 4 is 29.3 Å². The number of ether oxygens (including phenoxy) is 1. The van der Waals surface area contributed by atoms with Crippen molar-refractivity contribution < 1.29 is 14.3 Å². The number of nitrogens with zero attached hydrogens (tertiary/aromatic N) is 2. The monoisotopic (exact) mass is 438 g/mol. The van der Waals surface area contributed by atoms with Crippen LogP contribution in [0.25, 0.3) is 5.69 Å². The molecule has 8 heteroatoms. The predicted molar refractivity (Wildman–Crippen MR) is 123 cm³/mol. The number of carbonyl (C=O) groups excluding carboxylic acids is 2.